The maximum absolute atomic E-state index is 11.7. The molecule has 5 aromatic rings. The molecular weight excluding hydrogens is 568 g/mol. The molecule has 0 radical (unpaired) electrons. The van der Waals surface area contributed by atoms with Crippen molar-refractivity contribution in [2.75, 3.05) is 11.4 Å². The third kappa shape index (κ3) is 5.28. The molecule has 0 spiro atoms. The molecule has 6 rings (SSSR count). The average molecular weight is 604 g/mol. The molecule has 0 fully saturated rings. The van der Waals surface area contributed by atoms with Crippen molar-refractivity contribution in [1.82, 2.24) is 0 Å². The van der Waals surface area contributed by atoms with Gasteiger partial charge in [0.05, 0.1) is 12.1 Å². The molecule has 0 aliphatic carbocycles. The molecule has 0 amide bonds. The number of nitrogens with zero attached hydrogens (tertiary/aromatic N) is 2. The fraction of sp³-hybridized carbons (Fsp3) is 0.216. The monoisotopic (exact) mass is 603 g/mol. The molecule has 2 heterocycles. The Kier molecular flexibility index (Phi) is 7.82. The number of carbonyl (C=O) groups is 2. The molecule has 1 aliphatic heterocycles. The summed E-state index contributed by atoms with van der Waals surface area (Å²) in [5.74, 6) is -1.65. The number of hydrogen-bond donors (Lipinski definition) is 2. The zero-order valence-corrected chi connectivity index (χ0v) is 25.9. The van der Waals surface area contributed by atoms with Crippen LogP contribution in [-0.2, 0) is 21.5 Å². The zero-order valence-electron chi connectivity index (χ0n) is 25.1. The topological polar surface area (TPSA) is 81.7 Å². The van der Waals surface area contributed by atoms with Gasteiger partial charge in [0, 0.05) is 35.2 Å². The molecule has 0 bridgehead atoms. The van der Waals surface area contributed by atoms with Gasteiger partial charge >= 0.3 is 11.9 Å². The van der Waals surface area contributed by atoms with Gasteiger partial charge in [0.15, 0.2) is 6.54 Å². The molecule has 0 atom stereocenters. The lowest BCUT2D eigenvalue weighted by Crippen LogP contribution is -2.36. The first-order valence-corrected chi connectivity index (χ1v) is 15.6. The fourth-order valence-corrected chi connectivity index (χ4v) is 7.56. The van der Waals surface area contributed by atoms with Crippen molar-refractivity contribution in [2.24, 2.45) is 0 Å². The van der Waals surface area contributed by atoms with E-state index < -0.39 is 11.9 Å². The summed E-state index contributed by atoms with van der Waals surface area (Å²) in [5.41, 5.74) is 5.16. The molecule has 6 nitrogen and oxygen atoms in total. The average Bonchev–Trinajstić information content (AvgIpc) is 3.45. The van der Waals surface area contributed by atoms with E-state index in [4.69, 9.17) is 0 Å². The minimum absolute atomic E-state index is 0.0272. The largest absolute Gasteiger partial charge is 0.481 e. The highest BCUT2D eigenvalue weighted by molar-refractivity contribution is 7.18. The molecule has 44 heavy (non-hydrogen) atoms. The zero-order chi connectivity index (χ0) is 31.0. The van der Waals surface area contributed by atoms with Gasteiger partial charge in [-0.15, -0.1) is 0 Å². The van der Waals surface area contributed by atoms with Crippen LogP contribution in [0.1, 0.15) is 42.8 Å². The van der Waals surface area contributed by atoms with Gasteiger partial charge in [0.25, 0.3) is 5.01 Å². The SMILES string of the molecule is Cc1ccc2sc(/C=C/C=C/C=C3\N(CCC(=O)O)c4c(c5ccccc5c5ccccc45)C3(C)C)[n+](CCC(=O)O)c2c1. The Bertz CT molecular complexity index is 2030. The van der Waals surface area contributed by atoms with E-state index in [1.54, 1.807) is 11.3 Å². The highest BCUT2D eigenvalue weighted by Crippen LogP contribution is 2.54. The van der Waals surface area contributed by atoms with E-state index in [2.05, 4.69) is 90.1 Å². The van der Waals surface area contributed by atoms with Gasteiger partial charge in [0.2, 0.25) is 5.52 Å². The maximum atomic E-state index is 11.7. The fourth-order valence-electron chi connectivity index (χ4n) is 6.48. The number of allylic oxidation sites excluding steroid dienone is 5. The molecule has 0 saturated carbocycles. The van der Waals surface area contributed by atoms with Crippen LogP contribution >= 0.6 is 11.3 Å². The number of anilines is 1. The number of thiazole rings is 1. The van der Waals surface area contributed by atoms with E-state index in [0.29, 0.717) is 13.1 Å². The summed E-state index contributed by atoms with van der Waals surface area (Å²) in [6.45, 7) is 7.24. The van der Waals surface area contributed by atoms with Crippen LogP contribution in [-0.4, -0.2) is 28.7 Å². The van der Waals surface area contributed by atoms with E-state index in [1.165, 1.54) is 16.3 Å². The van der Waals surface area contributed by atoms with E-state index in [1.807, 2.05) is 37.3 Å². The van der Waals surface area contributed by atoms with Gasteiger partial charge in [-0.1, -0.05) is 98.0 Å². The van der Waals surface area contributed by atoms with Crippen LogP contribution < -0.4 is 9.47 Å². The molecule has 4 aromatic carbocycles. The summed E-state index contributed by atoms with van der Waals surface area (Å²) in [6, 6.07) is 23.1. The minimum atomic E-state index is -0.825. The standard InChI is InChI=1S/C37H34N2O4S/c1-24-17-18-30-29(23-24)38(21-19-33(40)41)32(44-30)16-6-4-5-15-31-37(2,3)35-27-13-9-7-11-25(27)26-12-8-10-14-28(26)36(35)39(31)22-20-34(42)43/h4-18,23H,19-22H2,1-3H3,(H-,40,41,42,43)/p+1. The smallest absolute Gasteiger partial charge is 0.309 e. The maximum Gasteiger partial charge on any atom is 0.309 e. The van der Waals surface area contributed by atoms with Crippen molar-refractivity contribution in [2.45, 2.75) is 45.6 Å². The number of carboxylic acid groups (broad SMARTS) is 2. The molecule has 0 saturated heterocycles. The van der Waals surface area contributed by atoms with Gasteiger partial charge in [-0.3, -0.25) is 9.59 Å². The Balaban J connectivity index is 1.40. The highest BCUT2D eigenvalue weighted by Gasteiger charge is 2.42. The van der Waals surface area contributed by atoms with E-state index in [9.17, 15) is 19.8 Å². The third-order valence-electron chi connectivity index (χ3n) is 8.43. The van der Waals surface area contributed by atoms with Gasteiger partial charge in [-0.2, -0.15) is 4.57 Å². The van der Waals surface area contributed by atoms with Crippen molar-refractivity contribution in [3.05, 3.63) is 113 Å². The third-order valence-corrected chi connectivity index (χ3v) is 9.56. The van der Waals surface area contributed by atoms with E-state index in [0.717, 1.165) is 42.9 Å². The number of rotatable bonds is 9. The number of hydrogen-bond acceptors (Lipinski definition) is 4. The van der Waals surface area contributed by atoms with Crippen molar-refractivity contribution in [3.8, 4) is 0 Å². The Labute approximate surface area is 260 Å². The number of benzene rings is 4. The predicted octanol–water partition coefficient (Wildman–Crippen LogP) is 8.00. The Hall–Kier alpha value is -4.75. The summed E-state index contributed by atoms with van der Waals surface area (Å²) in [7, 11) is 0. The van der Waals surface area contributed by atoms with E-state index in [-0.39, 0.29) is 18.3 Å². The van der Waals surface area contributed by atoms with Crippen LogP contribution in [0.4, 0.5) is 5.69 Å². The number of aromatic nitrogens is 1. The molecular formula is C37H35N2O4S+. The quantitative estimate of drug-likeness (QED) is 0.101. The summed E-state index contributed by atoms with van der Waals surface area (Å²) < 4.78 is 3.19. The molecule has 1 aromatic heterocycles. The van der Waals surface area contributed by atoms with Crippen LogP contribution in [0.2, 0.25) is 0 Å². The van der Waals surface area contributed by atoms with Crippen molar-refractivity contribution in [3.63, 3.8) is 0 Å². The van der Waals surface area contributed by atoms with Crippen LogP contribution in [0.25, 0.3) is 37.8 Å². The highest BCUT2D eigenvalue weighted by atomic mass is 32.1. The lowest BCUT2D eigenvalue weighted by molar-refractivity contribution is -0.667. The number of aryl methyl sites for hydroxylation is 2. The van der Waals surface area contributed by atoms with Gasteiger partial charge in [0.1, 0.15) is 11.1 Å². The number of carboxylic acids is 2. The molecule has 222 valence electrons. The predicted molar refractivity (Wildman–Crippen MR) is 179 cm³/mol. The Morgan fingerprint density at radius 3 is 2.23 bits per heavy atom. The molecule has 1 aliphatic rings. The van der Waals surface area contributed by atoms with E-state index >= 15 is 0 Å². The lowest BCUT2D eigenvalue weighted by atomic mass is 9.80. The second-order valence-corrected chi connectivity index (χ2v) is 12.8. The van der Waals surface area contributed by atoms with Crippen molar-refractivity contribution < 1.29 is 24.4 Å². The summed E-state index contributed by atoms with van der Waals surface area (Å²) in [6.07, 6.45) is 10.2. The second-order valence-electron chi connectivity index (χ2n) is 11.7. The molecule has 2 N–H and O–H groups in total. The van der Waals surface area contributed by atoms with Crippen molar-refractivity contribution >= 4 is 66.8 Å². The lowest BCUT2D eigenvalue weighted by Gasteiger charge is -2.26. The first kappa shape index (κ1) is 29.3. The summed E-state index contributed by atoms with van der Waals surface area (Å²) >= 11 is 1.64. The van der Waals surface area contributed by atoms with Gasteiger partial charge < -0.3 is 15.1 Å². The van der Waals surface area contributed by atoms with Crippen LogP contribution in [0, 0.1) is 6.92 Å². The normalized spacial score (nSPS) is 15.4. The summed E-state index contributed by atoms with van der Waals surface area (Å²) in [4.78, 5) is 25.3. The summed E-state index contributed by atoms with van der Waals surface area (Å²) in [5, 5.41) is 24.6. The van der Waals surface area contributed by atoms with Gasteiger partial charge in [-0.05, 0) is 46.4 Å². The first-order chi connectivity index (χ1) is 21.2. The minimum Gasteiger partial charge on any atom is -0.481 e. The first-order valence-electron chi connectivity index (χ1n) is 14.8. The van der Waals surface area contributed by atoms with Gasteiger partial charge in [-0.25, -0.2) is 0 Å². The van der Waals surface area contributed by atoms with Crippen molar-refractivity contribution in [1.29, 1.82) is 0 Å². The molecule has 0 unspecified atom stereocenters. The van der Waals surface area contributed by atoms with Crippen LogP contribution in [0.3, 0.4) is 0 Å². The number of fused-ring (bicyclic) bond motifs is 7. The second kappa shape index (κ2) is 11.7. The molecule has 7 heteroatoms. The Morgan fingerprint density at radius 1 is 0.864 bits per heavy atom. The van der Waals surface area contributed by atoms with Crippen LogP contribution in [0.5, 0.6) is 0 Å². The van der Waals surface area contributed by atoms with Crippen LogP contribution in [0.15, 0.2) is 96.7 Å². The number of aliphatic carboxylic acids is 2. The Morgan fingerprint density at radius 2 is 1.52 bits per heavy atom.